The van der Waals surface area contributed by atoms with Crippen molar-refractivity contribution in [2.24, 2.45) is 5.73 Å². The normalized spacial score (nSPS) is 9.93. The first-order valence-electron chi connectivity index (χ1n) is 4.36. The first kappa shape index (κ1) is 11.2. The minimum Gasteiger partial charge on any atom is -0.340 e. The lowest BCUT2D eigenvalue weighted by Crippen LogP contribution is -2.31. The highest BCUT2D eigenvalue weighted by molar-refractivity contribution is 9.10. The van der Waals surface area contributed by atoms with Crippen molar-refractivity contribution >= 4 is 21.8 Å². The van der Waals surface area contributed by atoms with Crippen molar-refractivity contribution in [1.29, 1.82) is 0 Å². The summed E-state index contributed by atoms with van der Waals surface area (Å²) < 4.78 is 0.968. The van der Waals surface area contributed by atoms with E-state index >= 15 is 0 Å². The van der Waals surface area contributed by atoms with Crippen molar-refractivity contribution in [3.8, 4) is 0 Å². The summed E-state index contributed by atoms with van der Waals surface area (Å²) in [5, 5.41) is 0. The summed E-state index contributed by atoms with van der Waals surface area (Å²) in [6, 6.07) is 7.28. The van der Waals surface area contributed by atoms with Gasteiger partial charge in [-0.3, -0.25) is 4.79 Å². The van der Waals surface area contributed by atoms with Crippen LogP contribution in [0.1, 0.15) is 10.4 Å². The lowest BCUT2D eigenvalue weighted by Gasteiger charge is -2.15. The smallest absolute Gasteiger partial charge is 0.253 e. The molecule has 0 radical (unpaired) electrons. The zero-order chi connectivity index (χ0) is 10.6. The number of hydrogen-bond donors (Lipinski definition) is 1. The lowest BCUT2D eigenvalue weighted by molar-refractivity contribution is 0.0799. The fraction of sp³-hybridized carbons (Fsp3) is 0.300. The van der Waals surface area contributed by atoms with Crippen LogP contribution in [0.3, 0.4) is 0 Å². The molecule has 0 heterocycles. The van der Waals surface area contributed by atoms with Gasteiger partial charge in [-0.15, -0.1) is 0 Å². The predicted molar refractivity (Wildman–Crippen MR) is 60.2 cm³/mol. The van der Waals surface area contributed by atoms with E-state index in [1.807, 2.05) is 12.1 Å². The van der Waals surface area contributed by atoms with E-state index < -0.39 is 0 Å². The van der Waals surface area contributed by atoms with E-state index in [9.17, 15) is 4.79 Å². The number of carbonyl (C=O) groups is 1. The third kappa shape index (κ3) is 2.82. The second kappa shape index (κ2) is 5.12. The monoisotopic (exact) mass is 256 g/mol. The van der Waals surface area contributed by atoms with Gasteiger partial charge in [-0.1, -0.05) is 15.9 Å². The summed E-state index contributed by atoms with van der Waals surface area (Å²) in [6.45, 7) is 1.06. The molecular weight excluding hydrogens is 244 g/mol. The van der Waals surface area contributed by atoms with Crippen molar-refractivity contribution < 1.29 is 4.79 Å². The molecule has 2 N–H and O–H groups in total. The van der Waals surface area contributed by atoms with Crippen LogP contribution in [0.4, 0.5) is 0 Å². The molecule has 0 aliphatic heterocycles. The Kier molecular flexibility index (Phi) is 4.10. The topological polar surface area (TPSA) is 46.3 Å². The summed E-state index contributed by atoms with van der Waals surface area (Å²) >= 11 is 3.32. The first-order valence-corrected chi connectivity index (χ1v) is 5.15. The molecule has 1 aromatic carbocycles. The molecule has 3 nitrogen and oxygen atoms in total. The summed E-state index contributed by atoms with van der Waals surface area (Å²) in [5.41, 5.74) is 6.05. The number of nitrogens with two attached hydrogens (primary N) is 1. The average molecular weight is 257 g/mol. The van der Waals surface area contributed by atoms with Crippen LogP contribution in [0.15, 0.2) is 28.7 Å². The van der Waals surface area contributed by atoms with Gasteiger partial charge in [-0.05, 0) is 24.3 Å². The molecule has 1 amide bonds. The van der Waals surface area contributed by atoms with E-state index in [4.69, 9.17) is 5.73 Å². The van der Waals surface area contributed by atoms with E-state index in [0.29, 0.717) is 18.7 Å². The maximum atomic E-state index is 11.7. The number of rotatable bonds is 3. The molecule has 0 aliphatic rings. The summed E-state index contributed by atoms with van der Waals surface area (Å²) in [4.78, 5) is 13.3. The van der Waals surface area contributed by atoms with Crippen LogP contribution < -0.4 is 5.73 Å². The van der Waals surface area contributed by atoms with Gasteiger partial charge in [0.1, 0.15) is 0 Å². The molecule has 4 heteroatoms. The number of benzene rings is 1. The van der Waals surface area contributed by atoms with Crippen molar-refractivity contribution in [2.75, 3.05) is 20.1 Å². The molecule has 0 aliphatic carbocycles. The minimum absolute atomic E-state index is 0.00273. The summed E-state index contributed by atoms with van der Waals surface area (Å²) in [6.07, 6.45) is 0. The maximum absolute atomic E-state index is 11.7. The van der Waals surface area contributed by atoms with Gasteiger partial charge in [0.2, 0.25) is 0 Å². The molecule has 0 saturated carbocycles. The van der Waals surface area contributed by atoms with Crippen LogP contribution in [0.2, 0.25) is 0 Å². The van der Waals surface area contributed by atoms with Crippen LogP contribution in [0.5, 0.6) is 0 Å². The van der Waals surface area contributed by atoms with Gasteiger partial charge < -0.3 is 10.6 Å². The molecule has 0 saturated heterocycles. The number of carbonyl (C=O) groups excluding carboxylic acids is 1. The molecule has 14 heavy (non-hydrogen) atoms. The number of halogens is 1. The fourth-order valence-electron chi connectivity index (χ4n) is 1.11. The first-order chi connectivity index (χ1) is 6.65. The molecule has 0 spiro atoms. The second-order valence-corrected chi connectivity index (χ2v) is 3.94. The van der Waals surface area contributed by atoms with Gasteiger partial charge >= 0.3 is 0 Å². The predicted octanol–water partition coefficient (Wildman–Crippen LogP) is 1.48. The minimum atomic E-state index is 0.00273. The molecule has 76 valence electrons. The Hall–Kier alpha value is -0.870. The summed E-state index contributed by atoms with van der Waals surface area (Å²) in [5.74, 6) is 0.00273. The Morgan fingerprint density at radius 2 is 2.00 bits per heavy atom. The summed E-state index contributed by atoms with van der Waals surface area (Å²) in [7, 11) is 1.75. The average Bonchev–Trinajstić information content (AvgIpc) is 2.18. The van der Waals surface area contributed by atoms with Gasteiger partial charge in [0.25, 0.3) is 5.91 Å². The van der Waals surface area contributed by atoms with Gasteiger partial charge in [0.05, 0.1) is 0 Å². The van der Waals surface area contributed by atoms with Crippen LogP contribution in [-0.2, 0) is 0 Å². The van der Waals surface area contributed by atoms with Gasteiger partial charge in [0, 0.05) is 30.2 Å². The van der Waals surface area contributed by atoms with E-state index in [0.717, 1.165) is 4.47 Å². The zero-order valence-electron chi connectivity index (χ0n) is 8.03. The molecule has 0 bridgehead atoms. The van der Waals surface area contributed by atoms with Gasteiger partial charge in [0.15, 0.2) is 0 Å². The Labute approximate surface area is 92.0 Å². The Morgan fingerprint density at radius 3 is 2.50 bits per heavy atom. The van der Waals surface area contributed by atoms with E-state index in [-0.39, 0.29) is 5.91 Å². The quantitative estimate of drug-likeness (QED) is 0.891. The van der Waals surface area contributed by atoms with Crippen molar-refractivity contribution in [3.05, 3.63) is 34.3 Å². The third-order valence-corrected chi connectivity index (χ3v) is 2.43. The number of likely N-dealkylation sites (N-methyl/N-ethyl adjacent to an activating group) is 1. The Morgan fingerprint density at radius 1 is 1.43 bits per heavy atom. The van der Waals surface area contributed by atoms with Crippen LogP contribution in [-0.4, -0.2) is 30.9 Å². The fourth-order valence-corrected chi connectivity index (χ4v) is 1.37. The molecule has 1 aromatic rings. The SMILES string of the molecule is CN(CCN)C(=O)c1ccc(Br)cc1. The molecule has 0 atom stereocenters. The van der Waals surface area contributed by atoms with Crippen LogP contribution in [0, 0.1) is 0 Å². The van der Waals surface area contributed by atoms with Crippen molar-refractivity contribution in [1.82, 2.24) is 4.90 Å². The lowest BCUT2D eigenvalue weighted by atomic mass is 10.2. The Bertz CT molecular complexity index is 310. The van der Waals surface area contributed by atoms with E-state index in [1.165, 1.54) is 0 Å². The van der Waals surface area contributed by atoms with E-state index in [2.05, 4.69) is 15.9 Å². The zero-order valence-corrected chi connectivity index (χ0v) is 9.62. The number of hydrogen-bond acceptors (Lipinski definition) is 2. The Balaban J connectivity index is 2.74. The molecule has 1 rings (SSSR count). The van der Waals surface area contributed by atoms with E-state index in [1.54, 1.807) is 24.1 Å². The largest absolute Gasteiger partial charge is 0.340 e. The molecule has 0 fully saturated rings. The van der Waals surface area contributed by atoms with Gasteiger partial charge in [-0.2, -0.15) is 0 Å². The van der Waals surface area contributed by atoms with Gasteiger partial charge in [-0.25, -0.2) is 0 Å². The van der Waals surface area contributed by atoms with Crippen LogP contribution in [0.25, 0.3) is 0 Å². The van der Waals surface area contributed by atoms with Crippen molar-refractivity contribution in [2.45, 2.75) is 0 Å². The third-order valence-electron chi connectivity index (χ3n) is 1.90. The maximum Gasteiger partial charge on any atom is 0.253 e. The highest BCUT2D eigenvalue weighted by Crippen LogP contribution is 2.11. The highest BCUT2D eigenvalue weighted by Gasteiger charge is 2.09. The second-order valence-electron chi connectivity index (χ2n) is 3.02. The van der Waals surface area contributed by atoms with Crippen LogP contribution >= 0.6 is 15.9 Å². The number of amides is 1. The number of nitrogens with zero attached hydrogens (tertiary/aromatic N) is 1. The molecule has 0 aromatic heterocycles. The van der Waals surface area contributed by atoms with Crippen molar-refractivity contribution in [3.63, 3.8) is 0 Å². The molecular formula is C10H13BrN2O. The standard InChI is InChI=1S/C10H13BrN2O/c1-13(7-6-12)10(14)8-2-4-9(11)5-3-8/h2-5H,6-7,12H2,1H3. The highest BCUT2D eigenvalue weighted by atomic mass is 79.9. The molecule has 0 unspecified atom stereocenters.